The molecule has 34 heavy (non-hydrogen) atoms. The van der Waals surface area contributed by atoms with Crippen molar-refractivity contribution in [1.82, 2.24) is 10.3 Å². The highest BCUT2D eigenvalue weighted by atomic mass is 32.2. The number of amides is 1. The van der Waals surface area contributed by atoms with E-state index in [1.165, 1.54) is 7.11 Å². The van der Waals surface area contributed by atoms with Gasteiger partial charge in [0.25, 0.3) is 5.24 Å². The standard InChI is InChI=1S/C26H21N3O4S/c1-32-23-13-16(11-12-21(23)30)14-24-26(27-25(31)34-24)29-20(18-9-5-6-10-22(18)33-26)15-19(28-29)17-7-3-2-4-8-17/h2-14,20,30H,15H2,1H3,(H,27,31)/b24-14-/t20-,26-/m1/s1. The molecule has 0 radical (unpaired) electrons. The Morgan fingerprint density at radius 2 is 1.97 bits per heavy atom. The van der Waals surface area contributed by atoms with Gasteiger partial charge in [0.05, 0.1) is 23.8 Å². The average Bonchev–Trinajstić information content (AvgIpc) is 3.44. The van der Waals surface area contributed by atoms with Crippen LogP contribution in [0, 0.1) is 0 Å². The lowest BCUT2D eigenvalue weighted by Gasteiger charge is -2.45. The molecule has 1 saturated heterocycles. The van der Waals surface area contributed by atoms with Crippen LogP contribution in [-0.2, 0) is 0 Å². The van der Waals surface area contributed by atoms with Crippen molar-refractivity contribution in [2.45, 2.75) is 18.3 Å². The van der Waals surface area contributed by atoms with Crippen molar-refractivity contribution in [3.05, 3.63) is 94.4 Å². The number of para-hydroxylation sites is 1. The quantitative estimate of drug-likeness (QED) is 0.553. The van der Waals surface area contributed by atoms with Gasteiger partial charge < -0.3 is 14.6 Å². The second-order valence-corrected chi connectivity index (χ2v) is 9.23. The molecule has 0 aromatic heterocycles. The van der Waals surface area contributed by atoms with Gasteiger partial charge in [-0.1, -0.05) is 54.6 Å². The van der Waals surface area contributed by atoms with Gasteiger partial charge >= 0.3 is 5.85 Å². The molecular formula is C26H21N3O4S. The summed E-state index contributed by atoms with van der Waals surface area (Å²) in [5.74, 6) is -0.163. The SMILES string of the molecule is COc1cc(/C=C2\SC(=O)N[C@]23Oc2ccccc2[C@H]2CC(c4ccccc4)=NN23)ccc1O. The monoisotopic (exact) mass is 471 g/mol. The first-order valence-corrected chi connectivity index (χ1v) is 11.7. The average molecular weight is 472 g/mol. The molecule has 2 atom stereocenters. The van der Waals surface area contributed by atoms with Crippen LogP contribution in [0.4, 0.5) is 4.79 Å². The van der Waals surface area contributed by atoms with Crippen molar-refractivity contribution in [2.75, 3.05) is 7.11 Å². The van der Waals surface area contributed by atoms with Crippen molar-refractivity contribution < 1.29 is 19.4 Å². The number of fused-ring (bicyclic) bond motifs is 4. The molecule has 3 aliphatic heterocycles. The minimum absolute atomic E-state index is 0.0483. The third-order valence-electron chi connectivity index (χ3n) is 6.19. The fourth-order valence-corrected chi connectivity index (χ4v) is 5.51. The Kier molecular flexibility index (Phi) is 4.77. The summed E-state index contributed by atoms with van der Waals surface area (Å²) in [7, 11) is 1.50. The summed E-state index contributed by atoms with van der Waals surface area (Å²) in [6, 6.07) is 22.9. The number of phenolic OH excluding ortho intramolecular Hbond substituents is 1. The van der Waals surface area contributed by atoms with E-state index < -0.39 is 5.85 Å². The summed E-state index contributed by atoms with van der Waals surface area (Å²) < 4.78 is 11.8. The molecule has 3 aliphatic rings. The number of phenols is 1. The molecule has 6 rings (SSSR count). The van der Waals surface area contributed by atoms with E-state index in [1.807, 2.05) is 65.7 Å². The maximum Gasteiger partial charge on any atom is 0.314 e. The second kappa shape index (κ2) is 7.85. The van der Waals surface area contributed by atoms with Crippen LogP contribution in [-0.4, -0.2) is 34.0 Å². The highest BCUT2D eigenvalue weighted by molar-refractivity contribution is 8.17. The van der Waals surface area contributed by atoms with Crippen molar-refractivity contribution >= 4 is 28.8 Å². The molecule has 1 fully saturated rings. The van der Waals surface area contributed by atoms with E-state index in [0.717, 1.165) is 34.2 Å². The molecule has 0 aliphatic carbocycles. The van der Waals surface area contributed by atoms with Gasteiger partial charge in [-0.3, -0.25) is 10.1 Å². The van der Waals surface area contributed by atoms with E-state index in [2.05, 4.69) is 5.32 Å². The van der Waals surface area contributed by atoms with Crippen LogP contribution in [0.1, 0.15) is 29.2 Å². The number of aromatic hydroxyl groups is 1. The largest absolute Gasteiger partial charge is 0.504 e. The van der Waals surface area contributed by atoms with Crippen LogP contribution in [0.5, 0.6) is 17.2 Å². The van der Waals surface area contributed by atoms with Gasteiger partial charge in [0, 0.05) is 12.0 Å². The van der Waals surface area contributed by atoms with Gasteiger partial charge in [-0.05, 0) is 47.2 Å². The first-order chi connectivity index (χ1) is 16.6. The molecule has 7 nitrogen and oxygen atoms in total. The van der Waals surface area contributed by atoms with E-state index in [0.29, 0.717) is 22.8 Å². The number of benzene rings is 3. The van der Waals surface area contributed by atoms with Gasteiger partial charge in [0.1, 0.15) is 5.75 Å². The fourth-order valence-electron chi connectivity index (χ4n) is 4.61. The number of methoxy groups -OCH3 is 1. The summed E-state index contributed by atoms with van der Waals surface area (Å²) in [4.78, 5) is 13.4. The van der Waals surface area contributed by atoms with Crippen LogP contribution in [0.2, 0.25) is 0 Å². The minimum atomic E-state index is -1.28. The zero-order chi connectivity index (χ0) is 23.3. The van der Waals surface area contributed by atoms with Crippen molar-refractivity contribution in [3.63, 3.8) is 0 Å². The molecule has 3 heterocycles. The van der Waals surface area contributed by atoms with Crippen molar-refractivity contribution in [1.29, 1.82) is 0 Å². The normalized spacial score (nSPS) is 23.9. The lowest BCUT2D eigenvalue weighted by molar-refractivity contribution is -0.0949. The number of nitrogens with zero attached hydrogens (tertiary/aromatic N) is 2. The number of carbonyl (C=O) groups excluding carboxylic acids is 1. The molecule has 2 N–H and O–H groups in total. The Bertz CT molecular complexity index is 1360. The molecule has 0 bridgehead atoms. The van der Waals surface area contributed by atoms with E-state index in [4.69, 9.17) is 14.6 Å². The highest BCUT2D eigenvalue weighted by Gasteiger charge is 2.58. The lowest BCUT2D eigenvalue weighted by atomic mass is 9.95. The number of carbonyl (C=O) groups is 1. The summed E-state index contributed by atoms with van der Waals surface area (Å²) in [6.45, 7) is 0. The summed E-state index contributed by atoms with van der Waals surface area (Å²) in [5.41, 5.74) is 3.76. The zero-order valence-corrected chi connectivity index (χ0v) is 19.1. The van der Waals surface area contributed by atoms with E-state index in [9.17, 15) is 9.90 Å². The first kappa shape index (κ1) is 20.7. The number of ether oxygens (including phenoxy) is 2. The Morgan fingerprint density at radius 3 is 2.79 bits per heavy atom. The molecule has 0 unspecified atom stereocenters. The molecule has 0 saturated carbocycles. The number of thioether (sulfide) groups is 1. The number of hydrazone groups is 1. The zero-order valence-electron chi connectivity index (χ0n) is 18.3. The molecule has 170 valence electrons. The number of hydrogen-bond donors (Lipinski definition) is 2. The first-order valence-electron chi connectivity index (χ1n) is 10.9. The minimum Gasteiger partial charge on any atom is -0.504 e. The summed E-state index contributed by atoms with van der Waals surface area (Å²) in [6.07, 6.45) is 2.55. The van der Waals surface area contributed by atoms with Crippen LogP contribution in [0.25, 0.3) is 6.08 Å². The van der Waals surface area contributed by atoms with Gasteiger partial charge in [-0.15, -0.1) is 0 Å². The second-order valence-electron chi connectivity index (χ2n) is 8.22. The van der Waals surface area contributed by atoms with E-state index >= 15 is 0 Å². The smallest absolute Gasteiger partial charge is 0.314 e. The fraction of sp³-hybridized carbons (Fsp3) is 0.154. The van der Waals surface area contributed by atoms with Crippen molar-refractivity contribution in [2.24, 2.45) is 5.10 Å². The Labute approximate surface area is 200 Å². The number of rotatable bonds is 3. The van der Waals surface area contributed by atoms with Crippen LogP contribution in [0.15, 0.2) is 82.8 Å². The van der Waals surface area contributed by atoms with Crippen LogP contribution in [0.3, 0.4) is 0 Å². The van der Waals surface area contributed by atoms with Crippen molar-refractivity contribution in [3.8, 4) is 17.2 Å². The van der Waals surface area contributed by atoms with Gasteiger partial charge in [-0.2, -0.15) is 5.10 Å². The molecule has 8 heteroatoms. The van der Waals surface area contributed by atoms with Gasteiger partial charge in [0.2, 0.25) is 0 Å². The molecule has 3 aromatic rings. The third-order valence-corrected chi connectivity index (χ3v) is 7.09. The Morgan fingerprint density at radius 1 is 1.18 bits per heavy atom. The Balaban J connectivity index is 1.50. The van der Waals surface area contributed by atoms with E-state index in [-0.39, 0.29) is 17.0 Å². The van der Waals surface area contributed by atoms with E-state index in [1.54, 1.807) is 18.2 Å². The topological polar surface area (TPSA) is 83.4 Å². The van der Waals surface area contributed by atoms with Gasteiger partial charge in [0.15, 0.2) is 11.5 Å². The lowest BCUT2D eigenvalue weighted by Crippen LogP contribution is -2.61. The maximum atomic E-state index is 12.7. The highest BCUT2D eigenvalue weighted by Crippen LogP contribution is 2.52. The van der Waals surface area contributed by atoms with Crippen LogP contribution >= 0.6 is 11.8 Å². The molecule has 1 spiro atoms. The van der Waals surface area contributed by atoms with Crippen LogP contribution < -0.4 is 14.8 Å². The number of nitrogens with one attached hydrogen (secondary N) is 1. The predicted octanol–water partition coefficient (Wildman–Crippen LogP) is 5.10. The maximum absolute atomic E-state index is 12.7. The van der Waals surface area contributed by atoms with Gasteiger partial charge in [-0.25, -0.2) is 5.01 Å². The third kappa shape index (κ3) is 3.21. The Hall–Kier alpha value is -3.91. The predicted molar refractivity (Wildman–Crippen MR) is 131 cm³/mol. The summed E-state index contributed by atoms with van der Waals surface area (Å²) in [5, 5.41) is 19.6. The molecule has 3 aromatic carbocycles. The number of hydrogen-bond acceptors (Lipinski definition) is 7. The molecular weight excluding hydrogens is 450 g/mol. The summed E-state index contributed by atoms with van der Waals surface area (Å²) >= 11 is 1.08. The molecule has 1 amide bonds.